The van der Waals surface area contributed by atoms with Crippen LogP contribution in [0.2, 0.25) is 0 Å². The van der Waals surface area contributed by atoms with E-state index in [1.807, 2.05) is 31.2 Å². The Labute approximate surface area is 165 Å². The minimum atomic E-state index is 0.723. The van der Waals surface area contributed by atoms with Crippen LogP contribution in [0.4, 0.5) is 17.3 Å². The molecule has 1 N–H and O–H groups in total. The lowest BCUT2D eigenvalue weighted by Gasteiger charge is -2.30. The third kappa shape index (κ3) is 3.71. The Bertz CT molecular complexity index is 990. The largest absolute Gasteiger partial charge is 0.497 e. The van der Waals surface area contributed by atoms with Crippen LogP contribution in [0.3, 0.4) is 0 Å². The average molecular weight is 376 g/mol. The second-order valence-corrected chi connectivity index (χ2v) is 6.79. The van der Waals surface area contributed by atoms with Crippen molar-refractivity contribution in [3.05, 3.63) is 65.5 Å². The summed E-state index contributed by atoms with van der Waals surface area (Å²) in [5.74, 6) is 3.85. The van der Waals surface area contributed by atoms with Gasteiger partial charge in [0.2, 0.25) is 0 Å². The molecule has 0 spiro atoms. The topological polar surface area (TPSA) is 59.5 Å². The molecular weight excluding hydrogens is 352 g/mol. The molecular formula is C22H24N4O2. The Morgan fingerprint density at radius 3 is 2.57 bits per heavy atom. The van der Waals surface area contributed by atoms with Crippen LogP contribution in [0, 0.1) is 6.92 Å². The summed E-state index contributed by atoms with van der Waals surface area (Å²) in [5.41, 5.74) is 3.58. The van der Waals surface area contributed by atoms with Gasteiger partial charge in [0, 0.05) is 25.2 Å². The van der Waals surface area contributed by atoms with Gasteiger partial charge in [0.15, 0.2) is 0 Å². The van der Waals surface area contributed by atoms with Crippen molar-refractivity contribution in [3.8, 4) is 11.5 Å². The molecule has 0 fully saturated rings. The summed E-state index contributed by atoms with van der Waals surface area (Å²) in [6.45, 7) is 3.71. The molecule has 0 unspecified atom stereocenters. The van der Waals surface area contributed by atoms with Crippen LogP contribution in [0.15, 0.2) is 48.5 Å². The van der Waals surface area contributed by atoms with Crippen LogP contribution in [-0.2, 0) is 13.0 Å². The lowest BCUT2D eigenvalue weighted by molar-refractivity contribution is 0.405. The van der Waals surface area contributed by atoms with Crippen molar-refractivity contribution >= 4 is 17.3 Å². The van der Waals surface area contributed by atoms with E-state index in [1.54, 1.807) is 14.2 Å². The van der Waals surface area contributed by atoms with Gasteiger partial charge in [-0.05, 0) is 36.6 Å². The summed E-state index contributed by atoms with van der Waals surface area (Å²) in [5, 5.41) is 3.35. The predicted molar refractivity (Wildman–Crippen MR) is 111 cm³/mol. The smallest absolute Gasteiger partial charge is 0.142 e. The number of fused-ring (bicyclic) bond motifs is 1. The summed E-state index contributed by atoms with van der Waals surface area (Å²) < 4.78 is 10.8. The van der Waals surface area contributed by atoms with E-state index >= 15 is 0 Å². The van der Waals surface area contributed by atoms with E-state index in [0.29, 0.717) is 0 Å². The molecule has 3 aromatic rings. The number of rotatable bonds is 5. The molecule has 1 aromatic heterocycles. The fraction of sp³-hybridized carbons (Fsp3) is 0.273. The molecule has 6 heteroatoms. The van der Waals surface area contributed by atoms with Gasteiger partial charge in [0.1, 0.15) is 29.0 Å². The molecule has 1 aliphatic heterocycles. The highest BCUT2D eigenvalue weighted by Crippen LogP contribution is 2.32. The lowest BCUT2D eigenvalue weighted by atomic mass is 10.00. The molecule has 2 heterocycles. The Kier molecular flexibility index (Phi) is 5.02. The van der Waals surface area contributed by atoms with Crippen molar-refractivity contribution in [1.29, 1.82) is 0 Å². The van der Waals surface area contributed by atoms with Gasteiger partial charge in [0.05, 0.1) is 19.9 Å². The highest BCUT2D eigenvalue weighted by atomic mass is 16.5. The molecule has 144 valence electrons. The molecule has 0 radical (unpaired) electrons. The normalized spacial score (nSPS) is 13.0. The molecule has 0 aliphatic carbocycles. The number of ether oxygens (including phenoxy) is 2. The Morgan fingerprint density at radius 2 is 1.79 bits per heavy atom. The third-order valence-electron chi connectivity index (χ3n) is 4.95. The fourth-order valence-corrected chi connectivity index (χ4v) is 3.52. The monoisotopic (exact) mass is 376 g/mol. The molecule has 1 aliphatic rings. The zero-order chi connectivity index (χ0) is 19.5. The van der Waals surface area contributed by atoms with Gasteiger partial charge in [-0.3, -0.25) is 0 Å². The summed E-state index contributed by atoms with van der Waals surface area (Å²) in [7, 11) is 3.29. The number of benzene rings is 2. The first kappa shape index (κ1) is 18.1. The maximum absolute atomic E-state index is 5.46. The van der Waals surface area contributed by atoms with Gasteiger partial charge in [-0.15, -0.1) is 0 Å². The molecule has 6 nitrogen and oxygen atoms in total. The van der Waals surface area contributed by atoms with E-state index < -0.39 is 0 Å². The quantitative estimate of drug-likeness (QED) is 0.723. The standard InChI is InChI=1S/C22H24N4O2/c1-15-23-21(25-19-12-18(27-2)8-9-20(19)28-3)13-22(24-15)26-11-10-16-6-4-5-7-17(16)14-26/h4-9,12-13H,10-11,14H2,1-3H3,(H,23,24,25). The fourth-order valence-electron chi connectivity index (χ4n) is 3.52. The highest BCUT2D eigenvalue weighted by molar-refractivity contribution is 5.67. The van der Waals surface area contributed by atoms with Crippen LogP contribution in [0.1, 0.15) is 17.0 Å². The van der Waals surface area contributed by atoms with Crippen LogP contribution in [0.25, 0.3) is 0 Å². The van der Waals surface area contributed by atoms with Gasteiger partial charge in [-0.1, -0.05) is 24.3 Å². The number of aromatic nitrogens is 2. The second kappa shape index (κ2) is 7.76. The van der Waals surface area contributed by atoms with E-state index in [-0.39, 0.29) is 0 Å². The van der Waals surface area contributed by atoms with E-state index in [2.05, 4.69) is 44.5 Å². The van der Waals surface area contributed by atoms with E-state index in [4.69, 9.17) is 9.47 Å². The summed E-state index contributed by atoms with van der Waals surface area (Å²) in [6.07, 6.45) is 1.02. The van der Waals surface area contributed by atoms with Crippen LogP contribution in [-0.4, -0.2) is 30.7 Å². The Hall–Kier alpha value is -3.28. The number of anilines is 3. The molecule has 0 atom stereocenters. The number of aryl methyl sites for hydroxylation is 1. The minimum absolute atomic E-state index is 0.723. The maximum atomic E-state index is 5.46. The average Bonchev–Trinajstić information content (AvgIpc) is 2.73. The number of nitrogens with one attached hydrogen (secondary N) is 1. The van der Waals surface area contributed by atoms with E-state index in [1.165, 1.54) is 11.1 Å². The van der Waals surface area contributed by atoms with Crippen molar-refractivity contribution in [1.82, 2.24) is 9.97 Å². The lowest BCUT2D eigenvalue weighted by Crippen LogP contribution is -2.31. The van der Waals surface area contributed by atoms with Gasteiger partial charge in [0.25, 0.3) is 0 Å². The van der Waals surface area contributed by atoms with Crippen molar-refractivity contribution in [2.24, 2.45) is 0 Å². The molecule has 0 bridgehead atoms. The van der Waals surface area contributed by atoms with Crippen LogP contribution >= 0.6 is 0 Å². The summed E-state index contributed by atoms with van der Waals surface area (Å²) in [6, 6.07) is 16.2. The zero-order valence-corrected chi connectivity index (χ0v) is 16.4. The number of nitrogens with zero attached hydrogens (tertiary/aromatic N) is 3. The van der Waals surface area contributed by atoms with Crippen molar-refractivity contribution in [2.75, 3.05) is 31.0 Å². The van der Waals surface area contributed by atoms with E-state index in [9.17, 15) is 0 Å². The Balaban J connectivity index is 1.62. The molecule has 2 aromatic carbocycles. The first-order chi connectivity index (χ1) is 13.7. The highest BCUT2D eigenvalue weighted by Gasteiger charge is 2.18. The van der Waals surface area contributed by atoms with Crippen LogP contribution < -0.4 is 19.7 Å². The molecule has 4 rings (SSSR count). The molecule has 0 saturated carbocycles. The zero-order valence-electron chi connectivity index (χ0n) is 16.4. The molecule has 28 heavy (non-hydrogen) atoms. The summed E-state index contributed by atoms with van der Waals surface area (Å²) >= 11 is 0. The predicted octanol–water partition coefficient (Wildman–Crippen LogP) is 4.11. The van der Waals surface area contributed by atoms with E-state index in [0.717, 1.165) is 54.2 Å². The Morgan fingerprint density at radius 1 is 0.964 bits per heavy atom. The van der Waals surface area contributed by atoms with Crippen molar-refractivity contribution < 1.29 is 9.47 Å². The van der Waals surface area contributed by atoms with Crippen molar-refractivity contribution in [2.45, 2.75) is 19.9 Å². The first-order valence-electron chi connectivity index (χ1n) is 9.33. The number of hydrogen-bond donors (Lipinski definition) is 1. The molecule has 0 saturated heterocycles. The minimum Gasteiger partial charge on any atom is -0.497 e. The van der Waals surface area contributed by atoms with Gasteiger partial charge >= 0.3 is 0 Å². The van der Waals surface area contributed by atoms with Gasteiger partial charge in [-0.25, -0.2) is 9.97 Å². The molecule has 0 amide bonds. The SMILES string of the molecule is COc1ccc(OC)c(Nc2cc(N3CCc4ccccc4C3)nc(C)n2)c1. The third-order valence-corrected chi connectivity index (χ3v) is 4.95. The second-order valence-electron chi connectivity index (χ2n) is 6.79. The number of methoxy groups -OCH3 is 2. The van der Waals surface area contributed by atoms with Gasteiger partial charge in [-0.2, -0.15) is 0 Å². The number of hydrogen-bond acceptors (Lipinski definition) is 6. The van der Waals surface area contributed by atoms with Crippen molar-refractivity contribution in [3.63, 3.8) is 0 Å². The van der Waals surface area contributed by atoms with Crippen LogP contribution in [0.5, 0.6) is 11.5 Å². The first-order valence-corrected chi connectivity index (χ1v) is 9.33. The van der Waals surface area contributed by atoms with Gasteiger partial charge < -0.3 is 19.7 Å². The summed E-state index contributed by atoms with van der Waals surface area (Å²) in [4.78, 5) is 11.5. The maximum Gasteiger partial charge on any atom is 0.142 e.